The first-order valence-corrected chi connectivity index (χ1v) is 14.2. The largest absolute Gasteiger partial charge is 0.249 e. The van der Waals surface area contributed by atoms with Gasteiger partial charge in [-0.15, -0.1) is 18.7 Å². The molecule has 0 saturated heterocycles. The fourth-order valence-corrected chi connectivity index (χ4v) is 6.32. The van der Waals surface area contributed by atoms with Crippen LogP contribution in [0.15, 0.2) is 109 Å². The lowest BCUT2D eigenvalue weighted by Crippen LogP contribution is -2.38. The van der Waals surface area contributed by atoms with Crippen LogP contribution in [0, 0.1) is 0 Å². The van der Waals surface area contributed by atoms with Crippen molar-refractivity contribution in [1.29, 1.82) is 0 Å². The highest BCUT2D eigenvalue weighted by molar-refractivity contribution is 5.95. The van der Waals surface area contributed by atoms with Crippen molar-refractivity contribution < 1.29 is 9.36 Å². The first-order chi connectivity index (χ1) is 20.8. The predicted molar refractivity (Wildman–Crippen MR) is 160 cm³/mol. The molecule has 200 valence electrons. The van der Waals surface area contributed by atoms with Crippen molar-refractivity contribution in [2.75, 3.05) is 0 Å². The second-order valence-electron chi connectivity index (χ2n) is 11.0. The molecule has 8 nitrogen and oxygen atoms in total. The van der Waals surface area contributed by atoms with Crippen molar-refractivity contribution in [3.8, 4) is 0 Å². The number of pyridine rings is 2. The van der Waals surface area contributed by atoms with Gasteiger partial charge in [-0.1, -0.05) is 66.7 Å². The van der Waals surface area contributed by atoms with Gasteiger partial charge in [-0.25, -0.2) is 9.97 Å². The number of benzene rings is 4. The second kappa shape index (κ2) is 9.01. The molecule has 8 heteroatoms. The molecule has 1 aliphatic rings. The Labute approximate surface area is 240 Å². The fourth-order valence-electron chi connectivity index (χ4n) is 6.32. The van der Waals surface area contributed by atoms with Crippen molar-refractivity contribution in [2.45, 2.75) is 26.2 Å². The predicted octanol–water partition coefficient (Wildman–Crippen LogP) is 4.56. The van der Waals surface area contributed by atoms with Gasteiger partial charge < -0.3 is 0 Å². The Balaban J connectivity index is 1.32. The molecule has 42 heavy (non-hydrogen) atoms. The number of nitrogens with zero attached hydrogens (tertiary/aromatic N) is 8. The molecule has 0 unspecified atom stereocenters. The molecule has 0 fully saturated rings. The van der Waals surface area contributed by atoms with Gasteiger partial charge in [-0.3, -0.25) is 0 Å². The second-order valence-corrected chi connectivity index (χ2v) is 11.0. The molecule has 0 amide bonds. The topological polar surface area (TPSA) is 69.2 Å². The highest BCUT2D eigenvalue weighted by Gasteiger charge is 2.23. The normalized spacial score (nSPS) is 13.3. The Morgan fingerprint density at radius 1 is 0.500 bits per heavy atom. The molecule has 0 aliphatic carbocycles. The summed E-state index contributed by atoms with van der Waals surface area (Å²) < 4.78 is 8.27. The highest BCUT2D eigenvalue weighted by atomic mass is 15.5. The molecule has 4 aromatic heterocycles. The summed E-state index contributed by atoms with van der Waals surface area (Å²) in [5.74, 6) is 0. The Morgan fingerprint density at radius 3 is 1.55 bits per heavy atom. The zero-order valence-electron chi connectivity index (χ0n) is 22.8. The summed E-state index contributed by atoms with van der Waals surface area (Å²) in [5, 5.41) is 12.4. The van der Waals surface area contributed by atoms with Crippen LogP contribution in [-0.4, -0.2) is 29.8 Å². The van der Waals surface area contributed by atoms with Crippen molar-refractivity contribution in [3.63, 3.8) is 0 Å². The van der Waals surface area contributed by atoms with E-state index in [-0.39, 0.29) is 0 Å². The molecule has 0 saturated carbocycles. The molecule has 5 heterocycles. The zero-order valence-corrected chi connectivity index (χ0v) is 22.8. The molecule has 0 N–H and O–H groups in total. The van der Waals surface area contributed by atoms with E-state index in [9.17, 15) is 0 Å². The van der Waals surface area contributed by atoms with Crippen LogP contribution in [0.25, 0.3) is 43.9 Å². The van der Waals surface area contributed by atoms with Crippen LogP contribution >= 0.6 is 0 Å². The van der Waals surface area contributed by atoms with Gasteiger partial charge in [0, 0.05) is 21.9 Å². The molecule has 0 radical (unpaired) electrons. The highest BCUT2D eigenvalue weighted by Crippen LogP contribution is 2.26. The number of rotatable bonds is 0. The van der Waals surface area contributed by atoms with Crippen LogP contribution in [-0.2, 0) is 26.2 Å². The molecule has 8 bridgehead atoms. The molecule has 1 aliphatic heterocycles. The quantitative estimate of drug-likeness (QED) is 0.207. The van der Waals surface area contributed by atoms with E-state index in [2.05, 4.69) is 119 Å². The Bertz CT molecular complexity index is 2170. The number of para-hydroxylation sites is 6. The third kappa shape index (κ3) is 3.69. The lowest BCUT2D eigenvalue weighted by Gasteiger charge is -2.09. The van der Waals surface area contributed by atoms with Gasteiger partial charge in [-0.2, -0.15) is 0 Å². The Hall–Kier alpha value is -5.50. The number of hydrogen-bond donors (Lipinski definition) is 0. The Morgan fingerprint density at radius 2 is 1.00 bits per heavy atom. The van der Waals surface area contributed by atoms with E-state index in [0.717, 1.165) is 66.4 Å². The van der Waals surface area contributed by atoms with Crippen LogP contribution < -0.4 is 9.36 Å². The van der Waals surface area contributed by atoms with Crippen molar-refractivity contribution in [3.05, 3.63) is 132 Å². The smallest absolute Gasteiger partial charge is 0.198 e. The minimum atomic E-state index is 0.572. The van der Waals surface area contributed by atoms with Gasteiger partial charge in [0.1, 0.15) is 13.1 Å². The van der Waals surface area contributed by atoms with E-state index in [0.29, 0.717) is 26.2 Å². The Kier molecular flexibility index (Phi) is 4.98. The summed E-state index contributed by atoms with van der Waals surface area (Å²) >= 11 is 0. The standard InChI is InChI=1S/C34H26N8/c1-3-16-31-29(14-1)39-19-25-10-5-8-23-18-24-9-6-11-26(34(24)36-33(23)25)20-40-30-15-2-4-17-32(30)42(38-40)22-28-13-7-12-27(35-28)21-41(31)37-39/h1-18H,19-22H2/q+2. The van der Waals surface area contributed by atoms with Gasteiger partial charge in [-0.05, 0) is 42.5 Å². The van der Waals surface area contributed by atoms with Gasteiger partial charge in [0.25, 0.3) is 0 Å². The van der Waals surface area contributed by atoms with Gasteiger partial charge in [0.05, 0.1) is 32.8 Å². The van der Waals surface area contributed by atoms with E-state index in [1.165, 1.54) is 0 Å². The summed E-state index contributed by atoms with van der Waals surface area (Å²) in [5.41, 5.74) is 10.5. The summed E-state index contributed by atoms with van der Waals surface area (Å²) in [7, 11) is 0. The van der Waals surface area contributed by atoms with E-state index in [4.69, 9.17) is 20.4 Å². The fraction of sp³-hybridized carbons (Fsp3) is 0.118. The molecule has 0 atom stereocenters. The van der Waals surface area contributed by atoms with Crippen LogP contribution in [0.2, 0.25) is 0 Å². The van der Waals surface area contributed by atoms with Crippen LogP contribution in [0.3, 0.4) is 0 Å². The molecule has 4 aromatic carbocycles. The lowest BCUT2D eigenvalue weighted by atomic mass is 10.0. The molecular formula is C34H26N8+2. The maximum Gasteiger partial charge on any atom is 0.198 e. The molecule has 8 aromatic rings. The molecular weight excluding hydrogens is 520 g/mol. The zero-order chi connectivity index (χ0) is 27.6. The number of fused-ring (bicyclic) bond motifs is 12. The van der Waals surface area contributed by atoms with Gasteiger partial charge in [0.15, 0.2) is 35.2 Å². The summed E-state index contributed by atoms with van der Waals surface area (Å²) in [6.07, 6.45) is 0. The monoisotopic (exact) mass is 546 g/mol. The van der Waals surface area contributed by atoms with Crippen LogP contribution in [0.5, 0.6) is 0 Å². The third-order valence-corrected chi connectivity index (χ3v) is 8.27. The minimum Gasteiger partial charge on any atom is -0.249 e. The van der Waals surface area contributed by atoms with E-state index < -0.39 is 0 Å². The SMILES string of the molecule is c1cc2nc(c1)Cn1n[n+](c3ccccc31)Cc1cccc3cc4cccc(c4nc13)C[n+]1nn(c3ccccc31)C2. The van der Waals surface area contributed by atoms with Crippen molar-refractivity contribution >= 4 is 43.9 Å². The third-order valence-electron chi connectivity index (χ3n) is 8.27. The van der Waals surface area contributed by atoms with Crippen LogP contribution in [0.1, 0.15) is 22.5 Å². The summed E-state index contributed by atoms with van der Waals surface area (Å²) in [4.78, 5) is 10.4. The first-order valence-electron chi connectivity index (χ1n) is 14.2. The number of aromatic nitrogens is 8. The van der Waals surface area contributed by atoms with E-state index in [1.807, 2.05) is 9.36 Å². The average molecular weight is 547 g/mol. The van der Waals surface area contributed by atoms with Crippen LogP contribution in [0.4, 0.5) is 0 Å². The maximum absolute atomic E-state index is 5.32. The van der Waals surface area contributed by atoms with E-state index in [1.54, 1.807) is 0 Å². The van der Waals surface area contributed by atoms with Crippen molar-refractivity contribution in [2.24, 2.45) is 0 Å². The molecule has 9 rings (SSSR count). The average Bonchev–Trinajstić information content (AvgIpc) is 3.54. The lowest BCUT2D eigenvalue weighted by molar-refractivity contribution is -0.724. The minimum absolute atomic E-state index is 0.572. The first kappa shape index (κ1) is 23.2. The maximum atomic E-state index is 5.32. The van der Waals surface area contributed by atoms with Gasteiger partial charge in [0.2, 0.25) is 0 Å². The summed E-state index contributed by atoms with van der Waals surface area (Å²) in [6.45, 7) is 2.37. The molecule has 0 spiro atoms. The number of hydrogen-bond acceptors (Lipinski definition) is 4. The summed E-state index contributed by atoms with van der Waals surface area (Å²) in [6, 6.07) is 38.1. The van der Waals surface area contributed by atoms with E-state index >= 15 is 0 Å². The van der Waals surface area contributed by atoms with Crippen molar-refractivity contribution in [1.82, 2.24) is 29.8 Å². The van der Waals surface area contributed by atoms with Gasteiger partial charge >= 0.3 is 0 Å².